The molecule has 232 valence electrons. The normalized spacial score (nSPS) is 19.5. The van der Waals surface area contributed by atoms with E-state index in [2.05, 4.69) is 5.32 Å². The van der Waals surface area contributed by atoms with E-state index in [-0.39, 0.29) is 30.0 Å². The average Bonchev–Trinajstić information content (AvgIpc) is 3.34. The fraction of sp³-hybridized carbons (Fsp3) is 0.400. The Morgan fingerprint density at radius 3 is 2.09 bits per heavy atom. The van der Waals surface area contributed by atoms with Crippen LogP contribution >= 0.6 is 0 Å². The van der Waals surface area contributed by atoms with Crippen LogP contribution in [0.15, 0.2) is 72.8 Å². The smallest absolute Gasteiger partial charge is 0.247 e. The molecule has 0 radical (unpaired) electrons. The van der Waals surface area contributed by atoms with Gasteiger partial charge in [-0.15, -0.1) is 0 Å². The fourth-order valence-electron chi connectivity index (χ4n) is 6.89. The van der Waals surface area contributed by atoms with E-state index in [1.807, 2.05) is 24.3 Å². The summed E-state index contributed by atoms with van der Waals surface area (Å²) in [6.45, 7) is 0.335. The van der Waals surface area contributed by atoms with Gasteiger partial charge in [0.25, 0.3) is 0 Å². The summed E-state index contributed by atoms with van der Waals surface area (Å²) >= 11 is 0. The van der Waals surface area contributed by atoms with Crippen LogP contribution in [0.4, 0.5) is 14.5 Å². The van der Waals surface area contributed by atoms with Crippen LogP contribution in [0.25, 0.3) is 11.1 Å². The zero-order chi connectivity index (χ0) is 31.1. The fourth-order valence-corrected chi connectivity index (χ4v) is 6.89. The number of carbonyl (C=O) groups excluding carboxylic acids is 3. The molecule has 7 nitrogen and oxygen atoms in total. The number of likely N-dealkylation sites (tertiary alicyclic amines) is 1. The molecule has 3 N–H and O–H groups in total. The van der Waals surface area contributed by atoms with Crippen LogP contribution in [-0.4, -0.2) is 40.4 Å². The lowest BCUT2D eigenvalue weighted by Crippen LogP contribution is -2.52. The summed E-state index contributed by atoms with van der Waals surface area (Å²) < 4.78 is 26.8. The molecular formula is C35H39F2N3O4. The van der Waals surface area contributed by atoms with Crippen LogP contribution in [-0.2, 0) is 20.8 Å². The molecule has 1 heterocycles. The summed E-state index contributed by atoms with van der Waals surface area (Å²) in [7, 11) is 0. The summed E-state index contributed by atoms with van der Waals surface area (Å²) in [5, 5.41) is 12.2. The molecule has 2 unspecified atom stereocenters. The lowest BCUT2D eigenvalue weighted by molar-refractivity contribution is -0.147. The maximum atomic E-state index is 14.2. The predicted molar refractivity (Wildman–Crippen MR) is 163 cm³/mol. The van der Waals surface area contributed by atoms with Crippen LogP contribution in [0, 0.1) is 23.0 Å². The highest BCUT2D eigenvalue weighted by atomic mass is 19.1. The molecule has 44 heavy (non-hydrogen) atoms. The van der Waals surface area contributed by atoms with Gasteiger partial charge in [0.2, 0.25) is 17.7 Å². The van der Waals surface area contributed by atoms with Crippen molar-refractivity contribution in [3.8, 4) is 11.1 Å². The number of rotatable bonds is 11. The standard InChI is InChI=1S/C35H39F2N3O4/c36-28-14-12-26(13-15-28)25-10-8-24(9-11-25)5-4-20-35(23-31(41)39-44)21-22-40(34(35)43)32(27-6-2-1-3-7-27)33(42)38-30-18-16-29(37)17-19-30/h8-19,27,32,44H,1-7,20-23H2,(H,38,42)(H,39,41). The van der Waals surface area contributed by atoms with E-state index in [1.165, 1.54) is 36.4 Å². The minimum absolute atomic E-state index is 0.0183. The van der Waals surface area contributed by atoms with Crippen molar-refractivity contribution in [3.05, 3.63) is 90.0 Å². The Morgan fingerprint density at radius 2 is 1.48 bits per heavy atom. The molecule has 1 saturated carbocycles. The zero-order valence-corrected chi connectivity index (χ0v) is 24.7. The first kappa shape index (κ1) is 31.3. The first-order valence-corrected chi connectivity index (χ1v) is 15.4. The van der Waals surface area contributed by atoms with Crippen molar-refractivity contribution in [2.24, 2.45) is 11.3 Å². The predicted octanol–water partition coefficient (Wildman–Crippen LogP) is 6.66. The highest BCUT2D eigenvalue weighted by molar-refractivity contribution is 5.99. The van der Waals surface area contributed by atoms with Gasteiger partial charge in [-0.3, -0.25) is 19.6 Å². The summed E-state index contributed by atoms with van der Waals surface area (Å²) in [5.74, 6) is -1.88. The molecule has 1 aliphatic heterocycles. The maximum absolute atomic E-state index is 14.2. The van der Waals surface area contributed by atoms with Gasteiger partial charge in [-0.05, 0) is 97.5 Å². The number of anilines is 1. The summed E-state index contributed by atoms with van der Waals surface area (Å²) in [5.41, 5.74) is 4.07. The van der Waals surface area contributed by atoms with Gasteiger partial charge in [-0.2, -0.15) is 0 Å². The maximum Gasteiger partial charge on any atom is 0.247 e. The third-order valence-corrected chi connectivity index (χ3v) is 9.23. The number of benzene rings is 3. The Bertz CT molecular complexity index is 1440. The topological polar surface area (TPSA) is 98.7 Å². The number of hydrogen-bond donors (Lipinski definition) is 3. The monoisotopic (exact) mass is 603 g/mol. The molecule has 1 saturated heterocycles. The van der Waals surface area contributed by atoms with Crippen molar-refractivity contribution < 1.29 is 28.4 Å². The molecule has 3 amide bonds. The Morgan fingerprint density at radius 1 is 0.886 bits per heavy atom. The molecule has 1 aliphatic carbocycles. The second kappa shape index (κ2) is 14.1. The Balaban J connectivity index is 1.31. The van der Waals surface area contributed by atoms with Gasteiger partial charge >= 0.3 is 0 Å². The van der Waals surface area contributed by atoms with E-state index in [4.69, 9.17) is 0 Å². The molecule has 0 bridgehead atoms. The molecular weight excluding hydrogens is 564 g/mol. The molecule has 2 aliphatic rings. The van der Waals surface area contributed by atoms with Crippen molar-refractivity contribution in [3.63, 3.8) is 0 Å². The number of amides is 3. The second-order valence-corrected chi connectivity index (χ2v) is 12.1. The molecule has 2 fully saturated rings. The van der Waals surface area contributed by atoms with Crippen LogP contribution in [0.3, 0.4) is 0 Å². The molecule has 3 aromatic rings. The van der Waals surface area contributed by atoms with Gasteiger partial charge < -0.3 is 10.2 Å². The van der Waals surface area contributed by atoms with E-state index in [1.54, 1.807) is 22.5 Å². The first-order valence-electron chi connectivity index (χ1n) is 15.4. The first-order chi connectivity index (χ1) is 21.3. The summed E-state index contributed by atoms with van der Waals surface area (Å²) in [6.07, 6.45) is 6.65. The second-order valence-electron chi connectivity index (χ2n) is 12.1. The molecule has 3 aromatic carbocycles. The van der Waals surface area contributed by atoms with Gasteiger partial charge in [0.1, 0.15) is 17.7 Å². The Labute approximate surface area is 256 Å². The molecule has 0 aromatic heterocycles. The van der Waals surface area contributed by atoms with Crippen LogP contribution in [0.5, 0.6) is 0 Å². The van der Waals surface area contributed by atoms with Crippen molar-refractivity contribution in [1.82, 2.24) is 10.4 Å². The number of carbonyl (C=O) groups is 3. The number of nitrogens with zero attached hydrogens (tertiary/aromatic N) is 1. The average molecular weight is 604 g/mol. The largest absolute Gasteiger partial charge is 0.330 e. The van der Waals surface area contributed by atoms with Gasteiger partial charge in [0.15, 0.2) is 0 Å². The van der Waals surface area contributed by atoms with Crippen molar-refractivity contribution in [2.75, 3.05) is 11.9 Å². The number of hydroxylamine groups is 1. The summed E-state index contributed by atoms with van der Waals surface area (Å²) in [6, 6.07) is 19.2. The van der Waals surface area contributed by atoms with E-state index < -0.39 is 23.2 Å². The van der Waals surface area contributed by atoms with Crippen LogP contribution in [0.2, 0.25) is 0 Å². The highest BCUT2D eigenvalue weighted by Gasteiger charge is 2.51. The Hall–Kier alpha value is -4.11. The minimum atomic E-state index is -1.04. The van der Waals surface area contributed by atoms with Gasteiger partial charge in [0.05, 0.1) is 5.41 Å². The van der Waals surface area contributed by atoms with E-state index in [0.717, 1.165) is 48.8 Å². The van der Waals surface area contributed by atoms with Crippen molar-refractivity contribution in [1.29, 1.82) is 0 Å². The quantitative estimate of drug-likeness (QED) is 0.169. The minimum Gasteiger partial charge on any atom is -0.330 e. The van der Waals surface area contributed by atoms with Crippen LogP contribution in [0.1, 0.15) is 63.4 Å². The highest BCUT2D eigenvalue weighted by Crippen LogP contribution is 2.43. The van der Waals surface area contributed by atoms with E-state index in [9.17, 15) is 28.4 Å². The van der Waals surface area contributed by atoms with Gasteiger partial charge in [0, 0.05) is 18.7 Å². The van der Waals surface area contributed by atoms with Gasteiger partial charge in [-0.25, -0.2) is 14.3 Å². The zero-order valence-electron chi connectivity index (χ0n) is 24.7. The lowest BCUT2D eigenvalue weighted by atomic mass is 9.77. The Kier molecular flexibility index (Phi) is 10.0. The molecule has 5 rings (SSSR count). The number of aryl methyl sites for hydroxylation is 1. The lowest BCUT2D eigenvalue weighted by Gasteiger charge is -2.37. The van der Waals surface area contributed by atoms with Crippen molar-refractivity contribution >= 4 is 23.4 Å². The van der Waals surface area contributed by atoms with Crippen LogP contribution < -0.4 is 10.8 Å². The van der Waals surface area contributed by atoms with E-state index >= 15 is 0 Å². The number of hydrogen-bond acceptors (Lipinski definition) is 4. The third-order valence-electron chi connectivity index (χ3n) is 9.23. The molecule has 9 heteroatoms. The third kappa shape index (κ3) is 7.33. The number of halogens is 2. The molecule has 0 spiro atoms. The van der Waals surface area contributed by atoms with Gasteiger partial charge in [-0.1, -0.05) is 55.7 Å². The van der Waals surface area contributed by atoms with Crippen molar-refractivity contribution in [2.45, 2.75) is 70.3 Å². The SMILES string of the molecule is O=C(CC1(CCCc2ccc(-c3ccc(F)cc3)cc2)CCN(C(C(=O)Nc2ccc(F)cc2)C2CCCCC2)C1=O)NO. The molecule has 2 atom stereocenters. The number of nitrogens with one attached hydrogen (secondary N) is 2. The summed E-state index contributed by atoms with van der Waals surface area (Å²) in [4.78, 5) is 42.1. The van der Waals surface area contributed by atoms with E-state index in [0.29, 0.717) is 37.9 Å².